The molecular weight excluding hydrogens is 246 g/mol. The zero-order chi connectivity index (χ0) is 12.7. The van der Waals surface area contributed by atoms with Gasteiger partial charge in [-0.25, -0.2) is 4.98 Å². The third-order valence-corrected chi connectivity index (χ3v) is 3.23. The highest BCUT2D eigenvalue weighted by atomic mass is 35.5. The Labute approximate surface area is 110 Å². The van der Waals surface area contributed by atoms with Crippen LogP contribution < -0.4 is 5.73 Å². The second kappa shape index (κ2) is 4.03. The Balaban J connectivity index is 2.30. The molecule has 3 rings (SSSR count). The minimum absolute atomic E-state index is 0.600. The fraction of sp³-hybridized carbons (Fsp3) is 0.0714. The fourth-order valence-electron chi connectivity index (χ4n) is 2.06. The van der Waals surface area contributed by atoms with Crippen LogP contribution in [-0.4, -0.2) is 9.38 Å². The highest BCUT2D eigenvalue weighted by Crippen LogP contribution is 2.29. The maximum Gasteiger partial charge on any atom is 0.157 e. The van der Waals surface area contributed by atoms with Crippen LogP contribution in [0.3, 0.4) is 0 Å². The van der Waals surface area contributed by atoms with E-state index in [1.807, 2.05) is 43.5 Å². The fourth-order valence-corrected chi connectivity index (χ4v) is 2.26. The Morgan fingerprint density at radius 1 is 1.22 bits per heavy atom. The Morgan fingerprint density at radius 2 is 2.06 bits per heavy atom. The van der Waals surface area contributed by atoms with E-state index in [-0.39, 0.29) is 0 Å². The minimum Gasteiger partial charge on any atom is -0.383 e. The molecule has 0 saturated heterocycles. The van der Waals surface area contributed by atoms with Crippen LogP contribution in [0.15, 0.2) is 42.6 Å². The second-order valence-corrected chi connectivity index (χ2v) is 4.67. The first-order chi connectivity index (χ1) is 8.66. The van der Waals surface area contributed by atoms with Crippen molar-refractivity contribution in [2.75, 3.05) is 5.73 Å². The van der Waals surface area contributed by atoms with Crippen LogP contribution in [0.25, 0.3) is 16.9 Å². The van der Waals surface area contributed by atoms with E-state index in [1.165, 1.54) is 5.56 Å². The normalized spacial score (nSPS) is 11.0. The number of aromatic nitrogens is 2. The van der Waals surface area contributed by atoms with E-state index in [1.54, 1.807) is 4.40 Å². The molecule has 0 fully saturated rings. The van der Waals surface area contributed by atoms with E-state index in [2.05, 4.69) is 11.1 Å². The van der Waals surface area contributed by atoms with Crippen LogP contribution in [0.2, 0.25) is 5.02 Å². The topological polar surface area (TPSA) is 43.3 Å². The molecule has 2 heterocycles. The van der Waals surface area contributed by atoms with E-state index in [0.717, 1.165) is 11.3 Å². The molecule has 2 aromatic heterocycles. The number of hydrogen-bond donors (Lipinski definition) is 1. The predicted molar refractivity (Wildman–Crippen MR) is 74.8 cm³/mol. The van der Waals surface area contributed by atoms with E-state index < -0.39 is 0 Å². The van der Waals surface area contributed by atoms with E-state index in [9.17, 15) is 0 Å². The number of rotatable bonds is 1. The summed E-state index contributed by atoms with van der Waals surface area (Å²) in [7, 11) is 0. The highest BCUT2D eigenvalue weighted by molar-refractivity contribution is 6.33. The summed E-state index contributed by atoms with van der Waals surface area (Å²) in [4.78, 5) is 4.53. The summed E-state index contributed by atoms with van der Waals surface area (Å²) in [6.45, 7) is 2.04. The molecule has 3 aromatic rings. The molecule has 0 spiro atoms. The number of hydrogen-bond acceptors (Lipinski definition) is 2. The Kier molecular flexibility index (Phi) is 2.49. The lowest BCUT2D eigenvalue weighted by molar-refractivity contribution is 1.20. The Hall–Kier alpha value is -2.00. The molecule has 90 valence electrons. The molecule has 0 bridgehead atoms. The number of nitrogens with two attached hydrogens (primary N) is 1. The molecule has 0 amide bonds. The maximum absolute atomic E-state index is 6.13. The number of aryl methyl sites for hydroxylation is 1. The summed E-state index contributed by atoms with van der Waals surface area (Å²) < 4.78 is 1.81. The van der Waals surface area contributed by atoms with Crippen molar-refractivity contribution in [3.8, 4) is 11.3 Å². The molecule has 0 aliphatic rings. The van der Waals surface area contributed by atoms with Crippen molar-refractivity contribution in [1.82, 2.24) is 9.38 Å². The van der Waals surface area contributed by atoms with Gasteiger partial charge in [0.15, 0.2) is 5.65 Å². The number of imidazole rings is 1. The number of nitrogen functional groups attached to an aromatic ring is 1. The second-order valence-electron chi connectivity index (χ2n) is 4.26. The summed E-state index contributed by atoms with van der Waals surface area (Å²) in [6, 6.07) is 11.8. The number of fused-ring (bicyclic) bond motifs is 1. The molecule has 0 unspecified atom stereocenters. The average molecular weight is 258 g/mol. The first-order valence-electron chi connectivity index (χ1n) is 5.66. The SMILES string of the molecule is Cc1cccc(-c2nc3c(Cl)cccn3c2N)c1. The van der Waals surface area contributed by atoms with Gasteiger partial charge in [-0.15, -0.1) is 0 Å². The molecule has 2 N–H and O–H groups in total. The number of nitrogens with zero attached hydrogens (tertiary/aromatic N) is 2. The zero-order valence-electron chi connectivity index (χ0n) is 9.89. The summed E-state index contributed by atoms with van der Waals surface area (Å²) in [5.41, 5.74) is 9.77. The van der Waals surface area contributed by atoms with Gasteiger partial charge in [0, 0.05) is 11.8 Å². The molecule has 0 atom stereocenters. The average Bonchev–Trinajstić information content (AvgIpc) is 2.69. The molecular formula is C14H12ClN3. The number of pyridine rings is 1. The molecule has 3 nitrogen and oxygen atoms in total. The van der Waals surface area contributed by atoms with Crippen LogP contribution in [0, 0.1) is 6.92 Å². The van der Waals surface area contributed by atoms with Gasteiger partial charge in [-0.3, -0.25) is 4.40 Å². The number of anilines is 1. The van der Waals surface area contributed by atoms with Gasteiger partial charge in [0.2, 0.25) is 0 Å². The third kappa shape index (κ3) is 1.64. The van der Waals surface area contributed by atoms with Crippen molar-refractivity contribution in [3.05, 3.63) is 53.2 Å². The lowest BCUT2D eigenvalue weighted by Gasteiger charge is -2.00. The summed E-state index contributed by atoms with van der Waals surface area (Å²) in [6.07, 6.45) is 1.86. The molecule has 4 heteroatoms. The minimum atomic E-state index is 0.600. The molecule has 0 radical (unpaired) electrons. The van der Waals surface area contributed by atoms with Gasteiger partial charge in [0.1, 0.15) is 11.5 Å². The van der Waals surface area contributed by atoms with Gasteiger partial charge < -0.3 is 5.73 Å². The van der Waals surface area contributed by atoms with Crippen LogP contribution >= 0.6 is 11.6 Å². The van der Waals surface area contributed by atoms with Crippen molar-refractivity contribution in [2.45, 2.75) is 6.92 Å². The quantitative estimate of drug-likeness (QED) is 0.725. The molecule has 0 saturated carbocycles. The van der Waals surface area contributed by atoms with Crippen LogP contribution in [-0.2, 0) is 0 Å². The smallest absolute Gasteiger partial charge is 0.157 e. The summed E-state index contributed by atoms with van der Waals surface area (Å²) in [5.74, 6) is 0.609. The van der Waals surface area contributed by atoms with Crippen molar-refractivity contribution in [3.63, 3.8) is 0 Å². The van der Waals surface area contributed by atoms with Gasteiger partial charge in [-0.2, -0.15) is 0 Å². The number of benzene rings is 1. The molecule has 0 aliphatic carbocycles. The highest BCUT2D eigenvalue weighted by Gasteiger charge is 2.12. The van der Waals surface area contributed by atoms with Crippen molar-refractivity contribution in [2.24, 2.45) is 0 Å². The Morgan fingerprint density at radius 3 is 2.78 bits per heavy atom. The van der Waals surface area contributed by atoms with Gasteiger partial charge in [0.05, 0.1) is 5.02 Å². The van der Waals surface area contributed by atoms with Crippen molar-refractivity contribution >= 4 is 23.1 Å². The lowest BCUT2D eigenvalue weighted by atomic mass is 10.1. The monoisotopic (exact) mass is 257 g/mol. The third-order valence-electron chi connectivity index (χ3n) is 2.93. The van der Waals surface area contributed by atoms with Crippen LogP contribution in [0.1, 0.15) is 5.56 Å². The van der Waals surface area contributed by atoms with Gasteiger partial charge >= 0.3 is 0 Å². The largest absolute Gasteiger partial charge is 0.383 e. The predicted octanol–water partition coefficient (Wildman–Crippen LogP) is 3.55. The first kappa shape index (κ1) is 11.1. The maximum atomic E-state index is 6.13. The lowest BCUT2D eigenvalue weighted by Crippen LogP contribution is -1.93. The summed E-state index contributed by atoms with van der Waals surface area (Å²) >= 11 is 6.12. The molecule has 18 heavy (non-hydrogen) atoms. The Bertz CT molecular complexity index is 731. The van der Waals surface area contributed by atoms with E-state index in [0.29, 0.717) is 16.5 Å². The first-order valence-corrected chi connectivity index (χ1v) is 6.03. The standard InChI is InChI=1S/C14H12ClN3/c1-9-4-2-5-10(8-9)12-13(16)18-7-3-6-11(15)14(18)17-12/h2-8H,16H2,1H3. The van der Waals surface area contributed by atoms with E-state index in [4.69, 9.17) is 17.3 Å². The van der Waals surface area contributed by atoms with Crippen molar-refractivity contribution in [1.29, 1.82) is 0 Å². The molecule has 1 aromatic carbocycles. The van der Waals surface area contributed by atoms with E-state index >= 15 is 0 Å². The van der Waals surface area contributed by atoms with Crippen LogP contribution in [0.4, 0.5) is 5.82 Å². The molecule has 0 aliphatic heterocycles. The number of halogens is 1. The van der Waals surface area contributed by atoms with Crippen molar-refractivity contribution < 1.29 is 0 Å². The zero-order valence-corrected chi connectivity index (χ0v) is 10.6. The summed E-state index contributed by atoms with van der Waals surface area (Å²) in [5, 5.41) is 0.600. The van der Waals surface area contributed by atoms with Gasteiger partial charge in [-0.1, -0.05) is 35.4 Å². The van der Waals surface area contributed by atoms with Gasteiger partial charge in [0.25, 0.3) is 0 Å². The van der Waals surface area contributed by atoms with Crippen LogP contribution in [0.5, 0.6) is 0 Å². The van der Waals surface area contributed by atoms with Gasteiger partial charge in [-0.05, 0) is 25.1 Å².